The van der Waals surface area contributed by atoms with Crippen molar-refractivity contribution >= 4 is 28.6 Å². The van der Waals surface area contributed by atoms with Gasteiger partial charge in [-0.25, -0.2) is 9.97 Å². The molecule has 1 fully saturated rings. The first-order valence-electron chi connectivity index (χ1n) is 12.9. The lowest BCUT2D eigenvalue weighted by molar-refractivity contribution is -0.117. The molecule has 4 aromatic rings. The highest BCUT2D eigenvalue weighted by atomic mass is 16.2. The van der Waals surface area contributed by atoms with Gasteiger partial charge in [-0.05, 0) is 55.4 Å². The first-order chi connectivity index (χ1) is 17.9. The molecule has 1 atom stereocenters. The van der Waals surface area contributed by atoms with Gasteiger partial charge in [0.2, 0.25) is 11.9 Å². The third kappa shape index (κ3) is 5.47. The van der Waals surface area contributed by atoms with E-state index in [1.165, 1.54) is 0 Å². The molecule has 6 N–H and O–H groups in total. The van der Waals surface area contributed by atoms with Gasteiger partial charge < -0.3 is 22.1 Å². The Balaban J connectivity index is 1.37. The van der Waals surface area contributed by atoms with Crippen LogP contribution in [0.2, 0.25) is 0 Å². The maximum atomic E-state index is 12.7. The summed E-state index contributed by atoms with van der Waals surface area (Å²) < 4.78 is 1.76. The second-order valence-electron chi connectivity index (χ2n) is 9.79. The monoisotopic (exact) mass is 498 g/mol. The fraction of sp³-hybridized carbons (Fsp3) is 0.357. The van der Waals surface area contributed by atoms with E-state index in [1.54, 1.807) is 4.68 Å². The van der Waals surface area contributed by atoms with E-state index in [4.69, 9.17) is 16.5 Å². The van der Waals surface area contributed by atoms with E-state index in [9.17, 15) is 4.79 Å². The van der Waals surface area contributed by atoms with Crippen molar-refractivity contribution in [3.63, 3.8) is 0 Å². The maximum absolute atomic E-state index is 12.7. The zero-order chi connectivity index (χ0) is 25.9. The fourth-order valence-electron chi connectivity index (χ4n) is 4.97. The number of hydrogen-bond donors (Lipinski definition) is 4. The number of amides is 1. The molecule has 1 saturated carbocycles. The summed E-state index contributed by atoms with van der Waals surface area (Å²) in [5.74, 6) is 0.808. The summed E-state index contributed by atoms with van der Waals surface area (Å²) in [7, 11) is 1.86. The lowest BCUT2D eigenvalue weighted by Crippen LogP contribution is -2.33. The molecule has 0 aliphatic heterocycles. The van der Waals surface area contributed by atoms with E-state index in [0.29, 0.717) is 23.8 Å². The van der Waals surface area contributed by atoms with Crippen LogP contribution in [0.5, 0.6) is 0 Å². The third-order valence-electron chi connectivity index (χ3n) is 7.12. The van der Waals surface area contributed by atoms with Gasteiger partial charge in [0.25, 0.3) is 0 Å². The van der Waals surface area contributed by atoms with E-state index in [2.05, 4.69) is 39.8 Å². The molecule has 2 heterocycles. The number of benzene rings is 2. The van der Waals surface area contributed by atoms with Crippen LogP contribution in [0.3, 0.4) is 0 Å². The first kappa shape index (κ1) is 24.9. The highest BCUT2D eigenvalue weighted by Gasteiger charge is 2.20. The van der Waals surface area contributed by atoms with Crippen LogP contribution in [0.25, 0.3) is 22.2 Å². The van der Waals surface area contributed by atoms with Crippen molar-refractivity contribution in [2.75, 3.05) is 10.6 Å². The smallest absolute Gasteiger partial charge is 0.247 e. The summed E-state index contributed by atoms with van der Waals surface area (Å²) in [4.78, 5) is 22.2. The molecule has 1 aliphatic carbocycles. The van der Waals surface area contributed by atoms with E-state index in [-0.39, 0.29) is 5.91 Å². The number of aryl methyl sites for hydroxylation is 2. The molecule has 0 saturated heterocycles. The van der Waals surface area contributed by atoms with E-state index < -0.39 is 6.04 Å². The second kappa shape index (κ2) is 10.7. The van der Waals surface area contributed by atoms with Crippen LogP contribution < -0.4 is 22.1 Å². The molecule has 9 nitrogen and oxygen atoms in total. The number of carbonyl (C=O) groups excluding carboxylic acids is 1. The Kier molecular flexibility index (Phi) is 7.16. The van der Waals surface area contributed by atoms with Gasteiger partial charge in [0, 0.05) is 42.3 Å². The van der Waals surface area contributed by atoms with Crippen LogP contribution in [0.15, 0.2) is 54.7 Å². The molecular weight excluding hydrogens is 464 g/mol. The predicted molar refractivity (Wildman–Crippen MR) is 147 cm³/mol. The van der Waals surface area contributed by atoms with E-state index >= 15 is 0 Å². The average molecular weight is 499 g/mol. The predicted octanol–water partition coefficient (Wildman–Crippen LogP) is 3.91. The van der Waals surface area contributed by atoms with Gasteiger partial charge in [-0.2, -0.15) is 5.10 Å². The Morgan fingerprint density at radius 1 is 1.14 bits per heavy atom. The Labute approximate surface area is 216 Å². The molecule has 0 radical (unpaired) electrons. The van der Waals surface area contributed by atoms with Gasteiger partial charge in [0.15, 0.2) is 5.82 Å². The molecule has 0 unspecified atom stereocenters. The Bertz CT molecular complexity index is 1390. The number of fused-ring (bicyclic) bond motifs is 1. The van der Waals surface area contributed by atoms with Crippen molar-refractivity contribution in [2.24, 2.45) is 18.5 Å². The minimum atomic E-state index is -0.774. The number of hydrogen-bond acceptors (Lipinski definition) is 7. The van der Waals surface area contributed by atoms with Crippen molar-refractivity contribution in [1.82, 2.24) is 19.7 Å². The molecule has 2 aromatic heterocycles. The van der Waals surface area contributed by atoms with Crippen molar-refractivity contribution in [3.05, 3.63) is 65.9 Å². The lowest BCUT2D eigenvalue weighted by atomic mass is 9.92. The largest absolute Gasteiger partial charge is 0.351 e. The lowest BCUT2D eigenvalue weighted by Gasteiger charge is -2.26. The van der Waals surface area contributed by atoms with Crippen LogP contribution in [-0.2, 0) is 18.3 Å². The van der Waals surface area contributed by atoms with Crippen LogP contribution >= 0.6 is 0 Å². The number of rotatable bonds is 7. The van der Waals surface area contributed by atoms with Crippen molar-refractivity contribution in [2.45, 2.75) is 57.2 Å². The summed E-state index contributed by atoms with van der Waals surface area (Å²) >= 11 is 0. The van der Waals surface area contributed by atoms with Crippen molar-refractivity contribution in [1.29, 1.82) is 0 Å². The van der Waals surface area contributed by atoms with E-state index in [0.717, 1.165) is 65.4 Å². The van der Waals surface area contributed by atoms with Gasteiger partial charge in [0.05, 0.1) is 11.2 Å². The number of nitrogens with zero attached hydrogens (tertiary/aromatic N) is 4. The van der Waals surface area contributed by atoms with Gasteiger partial charge in [-0.3, -0.25) is 9.48 Å². The van der Waals surface area contributed by atoms with Crippen LogP contribution in [0.4, 0.5) is 11.8 Å². The minimum Gasteiger partial charge on any atom is -0.351 e. The fourth-order valence-corrected chi connectivity index (χ4v) is 4.97. The topological polar surface area (TPSA) is 137 Å². The molecule has 37 heavy (non-hydrogen) atoms. The molecule has 2 aromatic carbocycles. The highest BCUT2D eigenvalue weighted by Crippen LogP contribution is 2.30. The van der Waals surface area contributed by atoms with Crippen LogP contribution in [0.1, 0.15) is 49.8 Å². The quantitative estimate of drug-likeness (QED) is 0.303. The summed E-state index contributed by atoms with van der Waals surface area (Å²) in [5.41, 5.74) is 16.9. The van der Waals surface area contributed by atoms with Gasteiger partial charge in [-0.1, -0.05) is 37.3 Å². The first-order valence-corrected chi connectivity index (χ1v) is 12.9. The van der Waals surface area contributed by atoms with Crippen molar-refractivity contribution in [3.8, 4) is 11.3 Å². The van der Waals surface area contributed by atoms with Gasteiger partial charge >= 0.3 is 0 Å². The molecule has 1 aliphatic rings. The number of carbonyl (C=O) groups is 1. The highest BCUT2D eigenvalue weighted by molar-refractivity contribution is 5.95. The molecule has 0 bridgehead atoms. The Morgan fingerprint density at radius 3 is 2.62 bits per heavy atom. The van der Waals surface area contributed by atoms with Crippen LogP contribution in [-0.4, -0.2) is 37.7 Å². The standard InChI is InChI=1S/C28H34N8O/c1-3-17-13-19(14-20-16-31-28(34-26(17)20)32-22-11-9-21(29)10-12-22)23-15-24(35-36(23)2)33-27(37)25(30)18-7-5-4-6-8-18/h4-8,13-16,21-22,25H,3,9-12,29-30H2,1-2H3,(H,31,32,34)(H,33,35,37)/t21?,22?,25-/m1/s1. The SMILES string of the molecule is CCc1cc(-c2cc(NC(=O)[C@H](N)c3ccccc3)nn2C)cc2cnc(NC3CCC(N)CC3)nc12. The van der Waals surface area contributed by atoms with E-state index in [1.807, 2.05) is 49.6 Å². The summed E-state index contributed by atoms with van der Waals surface area (Å²) in [6, 6.07) is 15.2. The number of nitrogens with one attached hydrogen (secondary N) is 2. The second-order valence-corrected chi connectivity index (χ2v) is 9.79. The number of aromatic nitrogens is 4. The Morgan fingerprint density at radius 2 is 1.89 bits per heavy atom. The average Bonchev–Trinajstić information content (AvgIpc) is 3.29. The molecule has 1 amide bonds. The summed E-state index contributed by atoms with van der Waals surface area (Å²) in [5, 5.41) is 11.8. The Hall–Kier alpha value is -3.82. The number of anilines is 2. The molecule has 9 heteroatoms. The molecule has 192 valence electrons. The van der Waals surface area contributed by atoms with Crippen molar-refractivity contribution < 1.29 is 4.79 Å². The maximum Gasteiger partial charge on any atom is 0.247 e. The van der Waals surface area contributed by atoms with Crippen LogP contribution in [0, 0.1) is 0 Å². The molecular formula is C28H34N8O. The van der Waals surface area contributed by atoms with Gasteiger partial charge in [0.1, 0.15) is 6.04 Å². The zero-order valence-corrected chi connectivity index (χ0v) is 21.3. The minimum absolute atomic E-state index is 0.308. The summed E-state index contributed by atoms with van der Waals surface area (Å²) in [6.07, 6.45) is 6.84. The molecule has 0 spiro atoms. The summed E-state index contributed by atoms with van der Waals surface area (Å²) in [6.45, 7) is 2.12. The molecule has 5 rings (SSSR count). The zero-order valence-electron chi connectivity index (χ0n) is 21.3. The number of nitrogens with two attached hydrogens (primary N) is 2. The third-order valence-corrected chi connectivity index (χ3v) is 7.12. The van der Waals surface area contributed by atoms with Gasteiger partial charge in [-0.15, -0.1) is 0 Å². The normalized spacial score (nSPS) is 18.5.